The van der Waals surface area contributed by atoms with Crippen LogP contribution in [0, 0.1) is 6.92 Å². The monoisotopic (exact) mass is 446 g/mol. The minimum Gasteiger partial charge on any atom is -0.504 e. The first-order valence-corrected chi connectivity index (χ1v) is 11.0. The van der Waals surface area contributed by atoms with Crippen LogP contribution < -0.4 is 24.8 Å². The molecule has 0 aromatic heterocycles. The Hall–Kier alpha value is -3.64. The van der Waals surface area contributed by atoms with E-state index in [1.807, 2.05) is 37.3 Å². The zero-order chi connectivity index (χ0) is 23.4. The maximum Gasteiger partial charge on any atom is 0.162 e. The van der Waals surface area contributed by atoms with Gasteiger partial charge in [0, 0.05) is 16.8 Å². The summed E-state index contributed by atoms with van der Waals surface area (Å²) in [7, 11) is 3.30. The Kier molecular flexibility index (Phi) is 6.75. The van der Waals surface area contributed by atoms with Gasteiger partial charge < -0.3 is 24.6 Å². The van der Waals surface area contributed by atoms with Crippen molar-refractivity contribution in [2.24, 2.45) is 0 Å². The molecule has 0 fully saturated rings. The molecule has 1 aliphatic heterocycles. The Bertz CT molecular complexity index is 1140. The maximum atomic E-state index is 10.9. The molecule has 0 saturated heterocycles. The first kappa shape index (κ1) is 22.6. The van der Waals surface area contributed by atoms with Crippen LogP contribution in [0.15, 0.2) is 66.7 Å². The molecule has 6 heteroatoms. The molecule has 0 aliphatic carbocycles. The van der Waals surface area contributed by atoms with Gasteiger partial charge in [-0.25, -0.2) is 0 Å². The van der Waals surface area contributed by atoms with Crippen LogP contribution in [0.25, 0.3) is 5.70 Å². The van der Waals surface area contributed by atoms with Gasteiger partial charge in [-0.2, -0.15) is 0 Å². The smallest absolute Gasteiger partial charge is 0.162 e. The quantitative estimate of drug-likeness (QED) is 0.470. The van der Waals surface area contributed by atoms with Gasteiger partial charge in [0.25, 0.3) is 0 Å². The third-order valence-electron chi connectivity index (χ3n) is 5.75. The molecule has 0 saturated carbocycles. The molecule has 2 unspecified atom stereocenters. The number of aryl methyl sites for hydroxylation is 1. The van der Waals surface area contributed by atoms with Crippen molar-refractivity contribution in [1.29, 1.82) is 0 Å². The lowest BCUT2D eigenvalue weighted by Crippen LogP contribution is -2.39. The Morgan fingerprint density at radius 3 is 2.39 bits per heavy atom. The van der Waals surface area contributed by atoms with E-state index in [1.54, 1.807) is 20.3 Å². The summed E-state index contributed by atoms with van der Waals surface area (Å²) in [6.45, 7) is 4.44. The SMILES string of the molecule is CCOc1cccc(C2C=C(c3ccc(C)cc3)NC(c3cc(OC)ccc3OC)N2)c1O. The standard InChI is InChI=1S/C27H30N2O4/c1-5-33-25-8-6-7-20(26(25)30)23-16-22(18-11-9-17(2)10-12-18)28-27(29-23)21-15-19(31-3)13-14-24(21)32-4/h6-16,23,27-30H,5H2,1-4H3. The molecule has 33 heavy (non-hydrogen) atoms. The second-order valence-corrected chi connectivity index (χ2v) is 7.90. The number of nitrogens with one attached hydrogen (secondary N) is 2. The average Bonchev–Trinajstić information content (AvgIpc) is 2.85. The van der Waals surface area contributed by atoms with Crippen LogP contribution in [0.2, 0.25) is 0 Å². The highest BCUT2D eigenvalue weighted by Crippen LogP contribution is 2.39. The number of aromatic hydroxyl groups is 1. The van der Waals surface area contributed by atoms with E-state index in [0.717, 1.165) is 33.9 Å². The molecule has 1 aliphatic rings. The maximum absolute atomic E-state index is 10.9. The molecule has 0 amide bonds. The van der Waals surface area contributed by atoms with E-state index >= 15 is 0 Å². The molecule has 3 N–H and O–H groups in total. The highest BCUT2D eigenvalue weighted by Gasteiger charge is 2.28. The topological polar surface area (TPSA) is 72.0 Å². The third-order valence-corrected chi connectivity index (χ3v) is 5.75. The lowest BCUT2D eigenvalue weighted by atomic mass is 9.97. The molecule has 3 aromatic carbocycles. The molecule has 172 valence electrons. The highest BCUT2D eigenvalue weighted by molar-refractivity contribution is 5.68. The third kappa shape index (κ3) is 4.76. The summed E-state index contributed by atoms with van der Waals surface area (Å²) < 4.78 is 16.7. The normalized spacial score (nSPS) is 17.6. The number of ether oxygens (including phenoxy) is 3. The van der Waals surface area contributed by atoms with Crippen LogP contribution in [0.1, 0.15) is 41.4 Å². The number of rotatable bonds is 7. The summed E-state index contributed by atoms with van der Waals surface area (Å²) in [6, 6.07) is 19.4. The van der Waals surface area contributed by atoms with Crippen molar-refractivity contribution in [1.82, 2.24) is 10.6 Å². The van der Waals surface area contributed by atoms with Crippen molar-refractivity contribution in [3.05, 3.63) is 89.0 Å². The fourth-order valence-corrected chi connectivity index (χ4v) is 4.03. The largest absolute Gasteiger partial charge is 0.504 e. The van der Waals surface area contributed by atoms with Gasteiger partial charge in [-0.15, -0.1) is 0 Å². The molecule has 6 nitrogen and oxygen atoms in total. The molecule has 3 aromatic rings. The van der Waals surface area contributed by atoms with Gasteiger partial charge in [0.05, 0.1) is 26.9 Å². The molecule has 0 bridgehead atoms. The van der Waals surface area contributed by atoms with Crippen molar-refractivity contribution >= 4 is 5.70 Å². The van der Waals surface area contributed by atoms with Crippen LogP contribution in [-0.2, 0) is 0 Å². The Morgan fingerprint density at radius 2 is 1.70 bits per heavy atom. The van der Waals surface area contributed by atoms with Crippen molar-refractivity contribution in [3.8, 4) is 23.0 Å². The van der Waals surface area contributed by atoms with Crippen LogP contribution in [-0.4, -0.2) is 25.9 Å². The summed E-state index contributed by atoms with van der Waals surface area (Å²) in [5, 5.41) is 18.1. The van der Waals surface area contributed by atoms with Crippen LogP contribution >= 0.6 is 0 Å². The van der Waals surface area contributed by atoms with E-state index < -0.39 is 0 Å². The van der Waals surface area contributed by atoms with Crippen molar-refractivity contribution in [2.75, 3.05) is 20.8 Å². The molecule has 2 atom stereocenters. The van der Waals surface area contributed by atoms with E-state index in [9.17, 15) is 5.11 Å². The molecule has 4 rings (SSSR count). The minimum atomic E-state index is -0.295. The number of benzene rings is 3. The number of hydrogen-bond acceptors (Lipinski definition) is 6. The highest BCUT2D eigenvalue weighted by atomic mass is 16.5. The fraction of sp³-hybridized carbons (Fsp3) is 0.259. The van der Waals surface area contributed by atoms with E-state index in [-0.39, 0.29) is 18.0 Å². The van der Waals surface area contributed by atoms with Gasteiger partial charge >= 0.3 is 0 Å². The lowest BCUT2D eigenvalue weighted by molar-refractivity contribution is 0.314. The zero-order valence-corrected chi connectivity index (χ0v) is 19.4. The molecular weight excluding hydrogens is 416 g/mol. The zero-order valence-electron chi connectivity index (χ0n) is 19.4. The van der Waals surface area contributed by atoms with E-state index in [0.29, 0.717) is 12.4 Å². The fourth-order valence-electron chi connectivity index (χ4n) is 4.03. The summed E-state index contributed by atoms with van der Waals surface area (Å²) in [6.07, 6.45) is 1.79. The van der Waals surface area contributed by atoms with E-state index in [1.165, 1.54) is 5.56 Å². The summed E-state index contributed by atoms with van der Waals surface area (Å²) in [4.78, 5) is 0. The predicted molar refractivity (Wildman–Crippen MR) is 130 cm³/mol. The Balaban J connectivity index is 1.80. The van der Waals surface area contributed by atoms with Gasteiger partial charge in [-0.05, 0) is 49.8 Å². The first-order valence-electron chi connectivity index (χ1n) is 11.0. The molecule has 0 spiro atoms. The summed E-state index contributed by atoms with van der Waals surface area (Å²) in [5.41, 5.74) is 4.84. The number of hydrogen-bond donors (Lipinski definition) is 3. The minimum absolute atomic E-state index is 0.134. The summed E-state index contributed by atoms with van der Waals surface area (Å²) >= 11 is 0. The van der Waals surface area contributed by atoms with Crippen molar-refractivity contribution in [3.63, 3.8) is 0 Å². The second kappa shape index (κ2) is 9.88. The van der Waals surface area contributed by atoms with Gasteiger partial charge in [0.1, 0.15) is 17.7 Å². The van der Waals surface area contributed by atoms with Gasteiger partial charge in [0.15, 0.2) is 11.5 Å². The first-order chi connectivity index (χ1) is 16.0. The van der Waals surface area contributed by atoms with Gasteiger partial charge in [-0.3, -0.25) is 5.32 Å². The molecule has 0 radical (unpaired) electrons. The van der Waals surface area contributed by atoms with Crippen LogP contribution in [0.4, 0.5) is 0 Å². The van der Waals surface area contributed by atoms with Gasteiger partial charge in [-0.1, -0.05) is 42.0 Å². The van der Waals surface area contributed by atoms with E-state index in [2.05, 4.69) is 47.9 Å². The molecule has 1 heterocycles. The lowest BCUT2D eigenvalue weighted by Gasteiger charge is -2.34. The number of phenols is 1. The Labute approximate surface area is 194 Å². The van der Waals surface area contributed by atoms with Crippen molar-refractivity contribution < 1.29 is 19.3 Å². The number of phenolic OH excluding ortho intramolecular Hbond substituents is 1. The average molecular weight is 447 g/mol. The van der Waals surface area contributed by atoms with Crippen LogP contribution in [0.5, 0.6) is 23.0 Å². The van der Waals surface area contributed by atoms with E-state index in [4.69, 9.17) is 14.2 Å². The van der Waals surface area contributed by atoms with Crippen molar-refractivity contribution in [2.45, 2.75) is 26.1 Å². The predicted octanol–water partition coefficient (Wildman–Crippen LogP) is 5.09. The van der Waals surface area contributed by atoms with Crippen LogP contribution in [0.3, 0.4) is 0 Å². The second-order valence-electron chi connectivity index (χ2n) is 7.90. The number of methoxy groups -OCH3 is 2. The van der Waals surface area contributed by atoms with Gasteiger partial charge in [0.2, 0.25) is 0 Å². The Morgan fingerprint density at radius 1 is 0.909 bits per heavy atom. The molecular formula is C27H30N2O4. The number of para-hydroxylation sites is 1. The summed E-state index contributed by atoms with van der Waals surface area (Å²) in [5.74, 6) is 2.07.